The molecular weight excluding hydrogens is 406 g/mol. The van der Waals surface area contributed by atoms with Gasteiger partial charge in [0.1, 0.15) is 17.7 Å². The van der Waals surface area contributed by atoms with Crippen LogP contribution in [0.25, 0.3) is 0 Å². The van der Waals surface area contributed by atoms with E-state index in [2.05, 4.69) is 16.0 Å². The smallest absolute Gasteiger partial charge is 0.306 e. The van der Waals surface area contributed by atoms with E-state index in [1.807, 2.05) is 26.0 Å². The van der Waals surface area contributed by atoms with E-state index in [1.165, 1.54) is 7.11 Å². The van der Waals surface area contributed by atoms with Crippen molar-refractivity contribution in [1.29, 1.82) is 0 Å². The topological polar surface area (TPSA) is 106 Å². The third kappa shape index (κ3) is 3.23. The Balaban J connectivity index is 1.66. The van der Waals surface area contributed by atoms with Crippen LogP contribution < -0.4 is 24.9 Å². The SMILES string of the molecule is CCC1(CC)C(=O)Nc2cc3c(cc21)NC(c1ccc(OS(C)(=O)=O)cc1OC)N3. The lowest BCUT2D eigenvalue weighted by molar-refractivity contribution is -0.121. The first-order chi connectivity index (χ1) is 14.2. The number of hydrogen-bond acceptors (Lipinski definition) is 7. The van der Waals surface area contributed by atoms with Gasteiger partial charge in [-0.25, -0.2) is 0 Å². The summed E-state index contributed by atoms with van der Waals surface area (Å²) in [5.74, 6) is 0.725. The van der Waals surface area contributed by atoms with Gasteiger partial charge in [0.2, 0.25) is 5.91 Å². The zero-order chi connectivity index (χ0) is 21.7. The fourth-order valence-electron chi connectivity index (χ4n) is 4.31. The van der Waals surface area contributed by atoms with Crippen LogP contribution in [0.1, 0.15) is 44.0 Å². The van der Waals surface area contributed by atoms with Gasteiger partial charge in [-0.1, -0.05) is 13.8 Å². The quantitative estimate of drug-likeness (QED) is 0.600. The summed E-state index contributed by atoms with van der Waals surface area (Å²) in [5, 5.41) is 9.86. The fourth-order valence-corrected chi connectivity index (χ4v) is 4.77. The molecule has 0 spiro atoms. The summed E-state index contributed by atoms with van der Waals surface area (Å²) in [6, 6.07) is 8.88. The summed E-state index contributed by atoms with van der Waals surface area (Å²) in [5.41, 5.74) is 3.92. The Morgan fingerprint density at radius 3 is 2.30 bits per heavy atom. The molecule has 2 aliphatic heterocycles. The minimum Gasteiger partial charge on any atom is -0.496 e. The number of rotatable bonds is 6. The van der Waals surface area contributed by atoms with Crippen molar-refractivity contribution in [2.24, 2.45) is 0 Å². The molecule has 8 nitrogen and oxygen atoms in total. The first-order valence-corrected chi connectivity index (χ1v) is 11.6. The second-order valence-corrected chi connectivity index (χ2v) is 9.17. The second kappa shape index (κ2) is 7.09. The zero-order valence-electron chi connectivity index (χ0n) is 17.3. The van der Waals surface area contributed by atoms with Crippen LogP contribution in [0.15, 0.2) is 30.3 Å². The Morgan fingerprint density at radius 1 is 1.03 bits per heavy atom. The number of carbonyl (C=O) groups is 1. The number of carbonyl (C=O) groups excluding carboxylic acids is 1. The molecule has 0 bridgehead atoms. The first kappa shape index (κ1) is 20.3. The maximum absolute atomic E-state index is 12.6. The van der Waals surface area contributed by atoms with Gasteiger partial charge in [0.15, 0.2) is 0 Å². The van der Waals surface area contributed by atoms with E-state index >= 15 is 0 Å². The van der Waals surface area contributed by atoms with Gasteiger partial charge < -0.3 is 24.9 Å². The van der Waals surface area contributed by atoms with Gasteiger partial charge in [-0.2, -0.15) is 8.42 Å². The molecule has 160 valence electrons. The molecule has 30 heavy (non-hydrogen) atoms. The van der Waals surface area contributed by atoms with Crippen molar-refractivity contribution in [2.75, 3.05) is 29.3 Å². The summed E-state index contributed by atoms with van der Waals surface area (Å²) < 4.78 is 33.2. The molecule has 0 saturated carbocycles. The monoisotopic (exact) mass is 431 g/mol. The maximum Gasteiger partial charge on any atom is 0.306 e. The summed E-state index contributed by atoms with van der Waals surface area (Å²) in [6.07, 6.45) is 2.17. The van der Waals surface area contributed by atoms with Crippen LogP contribution in [0.2, 0.25) is 0 Å². The molecule has 4 rings (SSSR count). The Morgan fingerprint density at radius 2 is 1.70 bits per heavy atom. The minimum absolute atomic E-state index is 0.0471. The van der Waals surface area contributed by atoms with Crippen molar-refractivity contribution in [2.45, 2.75) is 38.3 Å². The largest absolute Gasteiger partial charge is 0.496 e. The molecule has 0 saturated heterocycles. The van der Waals surface area contributed by atoms with Crippen molar-refractivity contribution < 1.29 is 22.1 Å². The third-order valence-electron chi connectivity index (χ3n) is 5.93. The lowest BCUT2D eigenvalue weighted by Crippen LogP contribution is -2.32. The highest BCUT2D eigenvalue weighted by Crippen LogP contribution is 2.49. The molecule has 9 heteroatoms. The third-order valence-corrected chi connectivity index (χ3v) is 6.42. The van der Waals surface area contributed by atoms with Crippen molar-refractivity contribution in [3.63, 3.8) is 0 Å². The number of amides is 1. The molecule has 1 atom stereocenters. The normalized spacial score (nSPS) is 18.7. The Labute approximate surface area is 176 Å². The molecule has 0 aromatic heterocycles. The van der Waals surface area contributed by atoms with Gasteiger partial charge >= 0.3 is 10.1 Å². The summed E-state index contributed by atoms with van der Waals surface area (Å²) in [6.45, 7) is 4.07. The van der Waals surface area contributed by atoms with E-state index in [0.29, 0.717) is 5.75 Å². The molecule has 2 aromatic carbocycles. The Bertz CT molecular complexity index is 1130. The molecule has 2 aliphatic rings. The zero-order valence-corrected chi connectivity index (χ0v) is 18.1. The van der Waals surface area contributed by atoms with E-state index in [1.54, 1.807) is 18.2 Å². The van der Waals surface area contributed by atoms with Crippen LogP contribution in [0.4, 0.5) is 17.1 Å². The molecule has 0 aliphatic carbocycles. The number of nitrogens with one attached hydrogen (secondary N) is 3. The van der Waals surface area contributed by atoms with Crippen LogP contribution in [-0.2, 0) is 20.3 Å². The number of ether oxygens (including phenoxy) is 1. The fraction of sp³-hybridized carbons (Fsp3) is 0.381. The summed E-state index contributed by atoms with van der Waals surface area (Å²) >= 11 is 0. The van der Waals surface area contributed by atoms with Gasteiger partial charge in [0, 0.05) is 17.3 Å². The van der Waals surface area contributed by atoms with Gasteiger partial charge in [0.05, 0.1) is 30.2 Å². The maximum atomic E-state index is 12.6. The van der Waals surface area contributed by atoms with Crippen molar-refractivity contribution in [1.82, 2.24) is 0 Å². The Kier molecular flexibility index (Phi) is 4.80. The first-order valence-electron chi connectivity index (χ1n) is 9.81. The molecule has 1 amide bonds. The molecule has 0 fully saturated rings. The van der Waals surface area contributed by atoms with Crippen LogP contribution in [0.3, 0.4) is 0 Å². The van der Waals surface area contributed by atoms with Crippen LogP contribution in [-0.4, -0.2) is 27.7 Å². The number of methoxy groups -OCH3 is 1. The van der Waals surface area contributed by atoms with Gasteiger partial charge in [0.25, 0.3) is 0 Å². The average molecular weight is 432 g/mol. The molecular formula is C21H25N3O5S. The second-order valence-electron chi connectivity index (χ2n) is 7.60. The number of benzene rings is 2. The van der Waals surface area contributed by atoms with Crippen LogP contribution in [0.5, 0.6) is 11.5 Å². The average Bonchev–Trinajstić information content (AvgIpc) is 3.22. The predicted molar refractivity (Wildman–Crippen MR) is 116 cm³/mol. The molecule has 0 radical (unpaired) electrons. The highest BCUT2D eigenvalue weighted by Gasteiger charge is 2.45. The van der Waals surface area contributed by atoms with E-state index < -0.39 is 15.5 Å². The lowest BCUT2D eigenvalue weighted by atomic mass is 9.77. The summed E-state index contributed by atoms with van der Waals surface area (Å²) in [7, 11) is -2.11. The summed E-state index contributed by atoms with van der Waals surface area (Å²) in [4.78, 5) is 12.6. The van der Waals surface area contributed by atoms with Crippen LogP contribution in [0, 0.1) is 0 Å². The van der Waals surface area contributed by atoms with Crippen molar-refractivity contribution >= 4 is 33.1 Å². The number of fused-ring (bicyclic) bond motifs is 2. The minimum atomic E-state index is -3.63. The van der Waals surface area contributed by atoms with E-state index in [-0.39, 0.29) is 17.8 Å². The van der Waals surface area contributed by atoms with Gasteiger partial charge in [-0.3, -0.25) is 4.79 Å². The predicted octanol–water partition coefficient (Wildman–Crippen LogP) is 3.58. The molecule has 3 N–H and O–H groups in total. The van der Waals surface area contributed by atoms with E-state index in [4.69, 9.17) is 8.92 Å². The highest BCUT2D eigenvalue weighted by molar-refractivity contribution is 7.86. The van der Waals surface area contributed by atoms with Crippen molar-refractivity contribution in [3.05, 3.63) is 41.5 Å². The standard InChI is InChI=1S/C21H25N3O5S/c1-5-21(6-2)14-10-16-17(11-15(14)24-20(21)25)23-19(22-16)13-8-7-12(9-18(13)28-3)29-30(4,26)27/h7-11,19,22-23H,5-6H2,1-4H3,(H,24,25). The number of hydrogen-bond donors (Lipinski definition) is 3. The van der Waals surface area contributed by atoms with Gasteiger partial charge in [-0.15, -0.1) is 0 Å². The molecule has 2 aromatic rings. The molecule has 1 unspecified atom stereocenters. The Hall–Kier alpha value is -2.94. The van der Waals surface area contributed by atoms with E-state index in [9.17, 15) is 13.2 Å². The lowest BCUT2D eigenvalue weighted by Gasteiger charge is -2.24. The van der Waals surface area contributed by atoms with Gasteiger partial charge in [-0.05, 0) is 42.7 Å². The van der Waals surface area contributed by atoms with Crippen LogP contribution >= 0.6 is 0 Å². The molecule has 2 heterocycles. The number of anilines is 3. The van der Waals surface area contributed by atoms with Crippen molar-refractivity contribution in [3.8, 4) is 11.5 Å². The highest BCUT2D eigenvalue weighted by atomic mass is 32.2. The van der Waals surface area contributed by atoms with E-state index in [0.717, 1.165) is 47.3 Å².